The van der Waals surface area contributed by atoms with E-state index in [-0.39, 0.29) is 10.6 Å². The first-order chi connectivity index (χ1) is 13.1. The summed E-state index contributed by atoms with van der Waals surface area (Å²) in [5.74, 6) is -3.07. The molecule has 0 aliphatic rings. The van der Waals surface area contributed by atoms with Gasteiger partial charge < -0.3 is 5.32 Å². The van der Waals surface area contributed by atoms with Crippen LogP contribution in [0.15, 0.2) is 42.6 Å². The summed E-state index contributed by atoms with van der Waals surface area (Å²) in [4.78, 5) is 12.2. The molecular weight excluding hydrogens is 405 g/mol. The lowest BCUT2D eigenvalue weighted by Gasteiger charge is -2.11. The minimum Gasteiger partial charge on any atom is -0.319 e. The molecule has 146 valence electrons. The second-order valence-electron chi connectivity index (χ2n) is 5.81. The maximum atomic E-state index is 14.5. The number of halogens is 6. The van der Waals surface area contributed by atoms with Crippen LogP contribution in [-0.2, 0) is 13.2 Å². The van der Waals surface area contributed by atoms with Crippen LogP contribution in [-0.4, -0.2) is 15.7 Å². The highest BCUT2D eigenvalue weighted by Crippen LogP contribution is 2.38. The first kappa shape index (κ1) is 19.8. The van der Waals surface area contributed by atoms with Gasteiger partial charge in [0.2, 0.25) is 0 Å². The first-order valence-electron chi connectivity index (χ1n) is 7.74. The van der Waals surface area contributed by atoms with Crippen molar-refractivity contribution in [1.29, 1.82) is 0 Å². The second kappa shape index (κ2) is 7.23. The van der Waals surface area contributed by atoms with Gasteiger partial charge in [0.15, 0.2) is 5.69 Å². The minimum absolute atomic E-state index is 0.0275. The average Bonchev–Trinajstić information content (AvgIpc) is 3.00. The monoisotopic (exact) mass is 415 g/mol. The smallest absolute Gasteiger partial charge is 0.319 e. The Bertz CT molecular complexity index is 1060. The van der Waals surface area contributed by atoms with E-state index in [0.717, 1.165) is 10.9 Å². The Labute approximate surface area is 160 Å². The van der Waals surface area contributed by atoms with Crippen molar-refractivity contribution in [2.45, 2.75) is 6.18 Å². The number of aryl methyl sites for hydroxylation is 1. The Balaban J connectivity index is 1.99. The summed E-state index contributed by atoms with van der Waals surface area (Å²) in [7, 11) is 1.23. The van der Waals surface area contributed by atoms with Crippen LogP contribution in [0.4, 0.5) is 27.6 Å². The van der Waals surface area contributed by atoms with Crippen LogP contribution >= 0.6 is 11.6 Å². The molecule has 1 aromatic heterocycles. The number of anilines is 1. The highest BCUT2D eigenvalue weighted by atomic mass is 35.5. The van der Waals surface area contributed by atoms with E-state index < -0.39 is 46.2 Å². The quantitative estimate of drug-likeness (QED) is 0.591. The molecule has 1 N–H and O–H groups in total. The van der Waals surface area contributed by atoms with Crippen LogP contribution in [0.3, 0.4) is 0 Å². The van der Waals surface area contributed by atoms with Crippen molar-refractivity contribution in [2.24, 2.45) is 7.05 Å². The van der Waals surface area contributed by atoms with Gasteiger partial charge in [-0.25, -0.2) is 8.78 Å². The molecule has 3 aromatic rings. The van der Waals surface area contributed by atoms with Crippen molar-refractivity contribution in [1.82, 2.24) is 9.78 Å². The third-order valence-electron chi connectivity index (χ3n) is 3.81. The number of nitrogens with one attached hydrogen (secondary N) is 1. The van der Waals surface area contributed by atoms with E-state index in [4.69, 9.17) is 11.6 Å². The molecule has 0 saturated heterocycles. The molecule has 0 aliphatic carbocycles. The van der Waals surface area contributed by atoms with Crippen LogP contribution < -0.4 is 5.32 Å². The number of hydrogen-bond donors (Lipinski definition) is 1. The maximum Gasteiger partial charge on any atom is 0.435 e. The van der Waals surface area contributed by atoms with E-state index in [0.29, 0.717) is 12.1 Å². The van der Waals surface area contributed by atoms with Gasteiger partial charge in [0, 0.05) is 30.4 Å². The molecule has 0 aliphatic heterocycles. The predicted molar refractivity (Wildman–Crippen MR) is 93.0 cm³/mol. The van der Waals surface area contributed by atoms with Crippen molar-refractivity contribution in [3.8, 4) is 11.1 Å². The van der Waals surface area contributed by atoms with Crippen LogP contribution in [0.1, 0.15) is 16.1 Å². The Morgan fingerprint density at radius 2 is 1.79 bits per heavy atom. The molecule has 3 rings (SSSR count). The van der Waals surface area contributed by atoms with Gasteiger partial charge in [-0.2, -0.15) is 18.3 Å². The minimum atomic E-state index is -4.85. The van der Waals surface area contributed by atoms with Gasteiger partial charge in [-0.1, -0.05) is 23.7 Å². The Kier molecular flexibility index (Phi) is 5.12. The molecule has 0 fully saturated rings. The standard InChI is InChI=1S/C18H11ClF5N3O/c1-27-8-11(16(26-27)18(22,23)24)10-6-14(21)15(7-13(10)20)25-17(28)9-4-2-3-5-12(9)19/h2-8H,1H3,(H,25,28). The van der Waals surface area contributed by atoms with Crippen LogP contribution in [0, 0.1) is 11.6 Å². The fourth-order valence-electron chi connectivity index (χ4n) is 2.58. The molecule has 0 spiro atoms. The lowest BCUT2D eigenvalue weighted by Crippen LogP contribution is -2.14. The molecule has 28 heavy (non-hydrogen) atoms. The summed E-state index contributed by atoms with van der Waals surface area (Å²) in [6, 6.07) is 7.11. The van der Waals surface area contributed by atoms with Crippen molar-refractivity contribution in [3.05, 3.63) is 70.5 Å². The van der Waals surface area contributed by atoms with Crippen molar-refractivity contribution in [2.75, 3.05) is 5.32 Å². The molecule has 0 saturated carbocycles. The number of alkyl halides is 3. The summed E-state index contributed by atoms with van der Waals surface area (Å²) in [6.45, 7) is 0. The summed E-state index contributed by atoms with van der Waals surface area (Å²) in [5.41, 5.74) is -3.10. The van der Waals surface area contributed by atoms with Gasteiger partial charge in [-0.3, -0.25) is 9.48 Å². The molecule has 0 bridgehead atoms. The van der Waals surface area contributed by atoms with Gasteiger partial charge >= 0.3 is 6.18 Å². The van der Waals surface area contributed by atoms with Crippen molar-refractivity contribution < 1.29 is 26.7 Å². The summed E-state index contributed by atoms with van der Waals surface area (Å²) < 4.78 is 69.0. The van der Waals surface area contributed by atoms with E-state index in [1.807, 2.05) is 0 Å². The maximum absolute atomic E-state index is 14.5. The number of hydrogen-bond acceptors (Lipinski definition) is 2. The summed E-state index contributed by atoms with van der Waals surface area (Å²) >= 11 is 5.88. The van der Waals surface area contributed by atoms with E-state index >= 15 is 0 Å². The lowest BCUT2D eigenvalue weighted by molar-refractivity contribution is -0.141. The van der Waals surface area contributed by atoms with Crippen molar-refractivity contribution >= 4 is 23.2 Å². The zero-order valence-corrected chi connectivity index (χ0v) is 14.9. The van der Waals surface area contributed by atoms with Crippen LogP contribution in [0.5, 0.6) is 0 Å². The van der Waals surface area contributed by atoms with E-state index in [1.165, 1.54) is 25.2 Å². The fraction of sp³-hybridized carbons (Fsp3) is 0.111. The summed E-state index contributed by atoms with van der Waals surface area (Å²) in [5, 5.41) is 5.52. The number of benzene rings is 2. The molecule has 10 heteroatoms. The highest BCUT2D eigenvalue weighted by molar-refractivity contribution is 6.34. The second-order valence-corrected chi connectivity index (χ2v) is 6.22. The van der Waals surface area contributed by atoms with Crippen molar-refractivity contribution in [3.63, 3.8) is 0 Å². The number of aromatic nitrogens is 2. The highest BCUT2D eigenvalue weighted by Gasteiger charge is 2.38. The Morgan fingerprint density at radius 3 is 2.43 bits per heavy atom. The van der Waals surface area contributed by atoms with E-state index in [1.54, 1.807) is 6.07 Å². The molecule has 1 amide bonds. The number of amides is 1. The fourth-order valence-corrected chi connectivity index (χ4v) is 2.80. The summed E-state index contributed by atoms with van der Waals surface area (Å²) in [6.07, 6.45) is -3.92. The third-order valence-corrected chi connectivity index (χ3v) is 4.14. The van der Waals surface area contributed by atoms with E-state index in [9.17, 15) is 26.7 Å². The topological polar surface area (TPSA) is 46.9 Å². The largest absolute Gasteiger partial charge is 0.435 e. The predicted octanol–water partition coefficient (Wildman–Crippen LogP) is 5.29. The molecular formula is C18H11ClF5N3O. The molecule has 0 unspecified atom stereocenters. The molecule has 0 radical (unpaired) electrons. The molecule has 4 nitrogen and oxygen atoms in total. The molecule has 1 heterocycles. The molecule has 0 atom stereocenters. The normalized spacial score (nSPS) is 11.5. The van der Waals surface area contributed by atoms with Crippen LogP contribution in [0.25, 0.3) is 11.1 Å². The lowest BCUT2D eigenvalue weighted by atomic mass is 10.0. The Hall–Kier alpha value is -2.94. The zero-order chi connectivity index (χ0) is 20.6. The van der Waals surface area contributed by atoms with Gasteiger partial charge in [0.1, 0.15) is 11.6 Å². The van der Waals surface area contributed by atoms with E-state index in [2.05, 4.69) is 10.4 Å². The van der Waals surface area contributed by atoms with Crippen LogP contribution in [0.2, 0.25) is 5.02 Å². The van der Waals surface area contributed by atoms with Gasteiger partial charge in [0.25, 0.3) is 5.91 Å². The Morgan fingerprint density at radius 1 is 1.11 bits per heavy atom. The number of rotatable bonds is 3. The van der Waals surface area contributed by atoms with Gasteiger partial charge in [-0.05, 0) is 18.2 Å². The number of carbonyl (C=O) groups excluding carboxylic acids is 1. The first-order valence-corrected chi connectivity index (χ1v) is 8.12. The zero-order valence-electron chi connectivity index (χ0n) is 14.1. The average molecular weight is 416 g/mol. The SMILES string of the molecule is Cn1cc(-c2cc(F)c(NC(=O)c3ccccc3Cl)cc2F)c(C(F)(F)F)n1. The third kappa shape index (κ3) is 3.84. The van der Waals surface area contributed by atoms with Gasteiger partial charge in [-0.15, -0.1) is 0 Å². The molecule has 2 aromatic carbocycles. The number of nitrogens with zero attached hydrogens (tertiary/aromatic N) is 2. The number of carbonyl (C=O) groups is 1. The van der Waals surface area contributed by atoms with Gasteiger partial charge in [0.05, 0.1) is 16.3 Å².